The minimum atomic E-state index is -1.03. The van der Waals surface area contributed by atoms with Crippen molar-refractivity contribution in [3.05, 3.63) is 96.1 Å². The monoisotopic (exact) mass is 1140 g/mol. The van der Waals surface area contributed by atoms with Crippen LogP contribution in [-0.4, -0.2) is 275 Å². The molecular formula is C58H76N10O14. The minimum Gasteiger partial charge on any atom is -0.480 e. The largest absolute Gasteiger partial charge is 0.480 e. The Kier molecular flexibility index (Phi) is 24.4. The normalized spacial score (nSPS) is 17.0. The Balaban J connectivity index is 1.04. The predicted octanol–water partition coefficient (Wildman–Crippen LogP) is 2.13. The summed E-state index contributed by atoms with van der Waals surface area (Å²) in [6, 6.07) is 27.6. The van der Waals surface area contributed by atoms with E-state index < -0.39 is 35.8 Å². The number of aliphatic carboxylic acids is 6. The molecule has 0 unspecified atom stereocenters. The summed E-state index contributed by atoms with van der Waals surface area (Å²) in [5, 5.41) is 63.1. The van der Waals surface area contributed by atoms with Gasteiger partial charge in [-0.2, -0.15) is 0 Å². The first kappa shape index (κ1) is 63.5. The molecule has 2 heterocycles. The number of nitrogens with zero attached hydrogens (tertiary/aromatic N) is 8. The van der Waals surface area contributed by atoms with Gasteiger partial charge in [-0.1, -0.05) is 60.7 Å². The van der Waals surface area contributed by atoms with Crippen LogP contribution >= 0.6 is 0 Å². The van der Waals surface area contributed by atoms with Gasteiger partial charge in [0, 0.05) is 116 Å². The number of hydrogen-bond donors (Lipinski definition) is 8. The number of benzene rings is 4. The van der Waals surface area contributed by atoms with Crippen LogP contribution < -0.4 is 10.6 Å². The molecule has 0 bridgehead atoms. The highest BCUT2D eigenvalue weighted by molar-refractivity contribution is 5.93. The van der Waals surface area contributed by atoms with E-state index in [-0.39, 0.29) is 117 Å². The SMILES string of the molecule is Cc1cc(-c2ccc(-c3ccc(NC(=O)CN4CCN(CC(=O)O)CCN(CC(=O)O)CCN(CC(=O)O)CC4)cc3)c(C)c2)ccc1-c1ccc(NC(=O)CN2CCN(CC(=O)O)CCN(CC(=O)O)CCN(CC(=O)O)CC2)cc1. The Morgan fingerprint density at radius 2 is 0.500 bits per heavy atom. The average Bonchev–Trinajstić information content (AvgIpc) is 3.51. The van der Waals surface area contributed by atoms with Crippen molar-refractivity contribution >= 4 is 59.0 Å². The highest BCUT2D eigenvalue weighted by atomic mass is 16.4. The molecule has 2 aliphatic rings. The lowest BCUT2D eigenvalue weighted by molar-refractivity contribution is -0.140. The van der Waals surface area contributed by atoms with Crippen molar-refractivity contribution in [2.24, 2.45) is 0 Å². The van der Waals surface area contributed by atoms with E-state index in [1.807, 2.05) is 72.2 Å². The molecule has 2 aliphatic heterocycles. The van der Waals surface area contributed by atoms with E-state index in [2.05, 4.69) is 47.0 Å². The second-order valence-corrected chi connectivity index (χ2v) is 20.9. The lowest BCUT2D eigenvalue weighted by Crippen LogP contribution is -2.49. The molecule has 2 amide bonds. The molecule has 8 N–H and O–H groups in total. The molecule has 2 saturated heterocycles. The van der Waals surface area contributed by atoms with Crippen molar-refractivity contribution in [2.75, 3.05) is 168 Å². The summed E-state index contributed by atoms with van der Waals surface area (Å²) in [4.78, 5) is 111. The van der Waals surface area contributed by atoms with E-state index >= 15 is 0 Å². The van der Waals surface area contributed by atoms with Crippen molar-refractivity contribution in [1.82, 2.24) is 39.2 Å². The van der Waals surface area contributed by atoms with Gasteiger partial charge in [0.25, 0.3) is 0 Å². The van der Waals surface area contributed by atoms with Gasteiger partial charge in [0.1, 0.15) is 0 Å². The average molecular weight is 1140 g/mol. The van der Waals surface area contributed by atoms with Crippen LogP contribution in [-0.2, 0) is 38.4 Å². The standard InChI is InChI=1S/C58H76N10O14/c1-41-31-45(7-13-49(41)43-3-9-47(10-4-43)59-51(69)33-61-15-19-63(35-53(71)72)23-27-67(39-57(79)80)28-24-64(20-16-61)36-54(73)74)46-8-14-50(42(2)32-46)44-5-11-48(12-6-44)60-52(70)34-62-17-21-65(37-55(75)76)25-29-68(40-58(81)82)30-26-66(22-18-62)38-56(77)78/h3-14,31-32H,15-30,33-40H2,1-2H3,(H,59,69)(H,60,70)(H,71,72)(H,73,74)(H,75,76)(H,77,78)(H,79,80)(H,81,82). The Hall–Kier alpha value is -7.68. The zero-order valence-electron chi connectivity index (χ0n) is 46.6. The molecule has 0 atom stereocenters. The van der Waals surface area contributed by atoms with Crippen LogP contribution in [0.5, 0.6) is 0 Å². The first-order valence-corrected chi connectivity index (χ1v) is 27.3. The van der Waals surface area contributed by atoms with E-state index in [0.717, 1.165) is 44.5 Å². The zero-order chi connectivity index (χ0) is 59.3. The number of aryl methyl sites for hydroxylation is 2. The lowest BCUT2D eigenvalue weighted by atomic mass is 9.93. The molecule has 24 nitrogen and oxygen atoms in total. The van der Waals surface area contributed by atoms with E-state index in [9.17, 15) is 69.0 Å². The second-order valence-electron chi connectivity index (χ2n) is 20.9. The maximum atomic E-state index is 13.5. The number of hydrogen-bond acceptors (Lipinski definition) is 16. The van der Waals surface area contributed by atoms with Gasteiger partial charge in [-0.3, -0.25) is 77.6 Å². The van der Waals surface area contributed by atoms with Gasteiger partial charge in [0.15, 0.2) is 0 Å². The van der Waals surface area contributed by atoms with Crippen molar-refractivity contribution in [2.45, 2.75) is 13.8 Å². The first-order valence-electron chi connectivity index (χ1n) is 27.3. The topological polar surface area (TPSA) is 308 Å². The smallest absolute Gasteiger partial charge is 0.317 e. The number of carboxylic acids is 6. The molecule has 0 radical (unpaired) electrons. The maximum Gasteiger partial charge on any atom is 0.317 e. The number of nitrogens with one attached hydrogen (secondary N) is 2. The minimum absolute atomic E-state index is 0.0216. The van der Waals surface area contributed by atoms with Crippen LogP contribution in [0.25, 0.3) is 33.4 Å². The number of amides is 2. The summed E-state index contributed by atoms with van der Waals surface area (Å²) in [5.74, 6) is -6.76. The van der Waals surface area contributed by atoms with Crippen LogP contribution in [0.4, 0.5) is 11.4 Å². The van der Waals surface area contributed by atoms with Crippen molar-refractivity contribution < 1.29 is 69.0 Å². The fraction of sp³-hybridized carbons (Fsp3) is 0.448. The molecule has 442 valence electrons. The first-order chi connectivity index (χ1) is 39.1. The fourth-order valence-corrected chi connectivity index (χ4v) is 10.2. The van der Waals surface area contributed by atoms with E-state index in [4.69, 9.17) is 0 Å². The van der Waals surface area contributed by atoms with Crippen molar-refractivity contribution in [1.29, 1.82) is 0 Å². The lowest BCUT2D eigenvalue weighted by Gasteiger charge is -2.32. The second kappa shape index (κ2) is 31.5. The third kappa shape index (κ3) is 21.7. The number of carbonyl (C=O) groups excluding carboxylic acids is 2. The summed E-state index contributed by atoms with van der Waals surface area (Å²) in [6.45, 7) is 7.19. The number of anilines is 2. The van der Waals surface area contributed by atoms with Crippen molar-refractivity contribution in [3.8, 4) is 33.4 Å². The third-order valence-corrected chi connectivity index (χ3v) is 14.5. The highest BCUT2D eigenvalue weighted by Crippen LogP contribution is 2.33. The summed E-state index contributed by atoms with van der Waals surface area (Å²) >= 11 is 0. The Bertz CT molecular complexity index is 2600. The van der Waals surface area contributed by atoms with Crippen LogP contribution in [0.2, 0.25) is 0 Å². The van der Waals surface area contributed by atoms with Crippen LogP contribution in [0.15, 0.2) is 84.9 Å². The van der Waals surface area contributed by atoms with Crippen molar-refractivity contribution in [3.63, 3.8) is 0 Å². The number of carbonyl (C=O) groups is 8. The van der Waals surface area contributed by atoms with Gasteiger partial charge in [0.2, 0.25) is 11.8 Å². The summed E-state index contributed by atoms with van der Waals surface area (Å²) in [5.41, 5.74) is 9.24. The van der Waals surface area contributed by atoms with Gasteiger partial charge >= 0.3 is 35.8 Å². The Morgan fingerprint density at radius 1 is 0.305 bits per heavy atom. The fourth-order valence-electron chi connectivity index (χ4n) is 10.2. The van der Waals surface area contributed by atoms with E-state index in [0.29, 0.717) is 63.7 Å². The summed E-state index contributed by atoms with van der Waals surface area (Å²) in [6.07, 6.45) is 0. The zero-order valence-corrected chi connectivity index (χ0v) is 46.6. The molecule has 24 heteroatoms. The molecule has 4 aromatic carbocycles. The molecule has 0 aliphatic carbocycles. The molecule has 82 heavy (non-hydrogen) atoms. The van der Waals surface area contributed by atoms with E-state index in [1.54, 1.807) is 29.4 Å². The molecule has 2 fully saturated rings. The highest BCUT2D eigenvalue weighted by Gasteiger charge is 2.24. The third-order valence-electron chi connectivity index (χ3n) is 14.5. The number of rotatable bonds is 21. The van der Waals surface area contributed by atoms with Crippen LogP contribution in [0, 0.1) is 13.8 Å². The Labute approximate surface area is 476 Å². The molecule has 0 saturated carbocycles. The number of carboxylic acid groups (broad SMARTS) is 6. The molecule has 4 aromatic rings. The summed E-state index contributed by atoms with van der Waals surface area (Å²) in [7, 11) is 0. The molecule has 6 rings (SSSR count). The summed E-state index contributed by atoms with van der Waals surface area (Å²) < 4.78 is 0. The van der Waals surface area contributed by atoms with Gasteiger partial charge < -0.3 is 41.3 Å². The molecule has 0 spiro atoms. The quantitative estimate of drug-likeness (QED) is 0.0593. The molecule has 0 aromatic heterocycles. The van der Waals surface area contributed by atoms with Gasteiger partial charge in [-0.25, -0.2) is 0 Å². The van der Waals surface area contributed by atoms with Gasteiger partial charge in [-0.05, 0) is 82.6 Å². The maximum absolute atomic E-state index is 13.5. The van der Waals surface area contributed by atoms with Gasteiger partial charge in [-0.15, -0.1) is 0 Å². The Morgan fingerprint density at radius 3 is 0.695 bits per heavy atom. The van der Waals surface area contributed by atoms with Crippen LogP contribution in [0.3, 0.4) is 0 Å². The van der Waals surface area contributed by atoms with Gasteiger partial charge in [0.05, 0.1) is 52.4 Å². The van der Waals surface area contributed by atoms with Crippen LogP contribution in [0.1, 0.15) is 11.1 Å². The molecular weight excluding hydrogens is 1060 g/mol. The predicted molar refractivity (Wildman–Crippen MR) is 307 cm³/mol. The van der Waals surface area contributed by atoms with E-state index in [1.165, 1.54) is 0 Å².